The smallest absolute Gasteiger partial charge is 0.258 e. The molecule has 0 unspecified atom stereocenters. The number of hydrogen-bond donors (Lipinski definition) is 2. The summed E-state index contributed by atoms with van der Waals surface area (Å²) in [6.07, 6.45) is 3.74. The predicted molar refractivity (Wildman–Crippen MR) is 72.9 cm³/mol. The molecule has 0 radical (unpaired) electrons. The monoisotopic (exact) mass is 273 g/mol. The van der Waals surface area contributed by atoms with E-state index >= 15 is 0 Å². The highest BCUT2D eigenvalue weighted by molar-refractivity contribution is 6.04. The van der Waals surface area contributed by atoms with Crippen LogP contribution >= 0.6 is 0 Å². The largest absolute Gasteiger partial charge is 0.449 e. The quantitative estimate of drug-likeness (QED) is 0.901. The first-order valence-corrected chi connectivity index (χ1v) is 6.42. The predicted octanol–water partition coefficient (Wildman–Crippen LogP) is 2.56. The van der Waals surface area contributed by atoms with Crippen LogP contribution in [0.2, 0.25) is 0 Å². The van der Waals surface area contributed by atoms with Crippen molar-refractivity contribution in [2.45, 2.75) is 26.1 Å². The van der Waals surface area contributed by atoms with Crippen molar-refractivity contribution in [3.8, 4) is 11.5 Å². The summed E-state index contributed by atoms with van der Waals surface area (Å²) in [6.45, 7) is 3.88. The van der Waals surface area contributed by atoms with E-state index in [9.17, 15) is 4.79 Å². The van der Waals surface area contributed by atoms with Crippen molar-refractivity contribution < 1.29 is 14.3 Å². The van der Waals surface area contributed by atoms with Gasteiger partial charge in [-0.05, 0) is 12.1 Å². The minimum absolute atomic E-state index is 0.226. The Bertz CT molecular complexity index is 639. The Morgan fingerprint density at radius 3 is 2.90 bits per heavy atom. The molecule has 0 aliphatic carbocycles. The number of H-pyrrole nitrogens is 1. The summed E-state index contributed by atoms with van der Waals surface area (Å²) < 4.78 is 11.5. The van der Waals surface area contributed by atoms with Crippen molar-refractivity contribution in [1.29, 1.82) is 0 Å². The van der Waals surface area contributed by atoms with Crippen LogP contribution in [0.1, 0.15) is 30.6 Å². The highest BCUT2D eigenvalue weighted by atomic mass is 16.7. The van der Waals surface area contributed by atoms with E-state index in [-0.39, 0.29) is 5.91 Å². The third-order valence-electron chi connectivity index (χ3n) is 3.26. The lowest BCUT2D eigenvalue weighted by Gasteiger charge is -2.20. The molecular formula is C14H15N3O3. The van der Waals surface area contributed by atoms with E-state index in [0.717, 1.165) is 6.42 Å². The lowest BCUT2D eigenvalue weighted by molar-refractivity contribution is -0.0640. The van der Waals surface area contributed by atoms with Crippen LogP contribution in [-0.4, -0.2) is 21.9 Å². The zero-order valence-corrected chi connectivity index (χ0v) is 11.3. The Kier molecular flexibility index (Phi) is 2.85. The zero-order valence-electron chi connectivity index (χ0n) is 11.3. The summed E-state index contributed by atoms with van der Waals surface area (Å²) in [5, 5.41) is 9.13. The lowest BCUT2D eigenvalue weighted by Crippen LogP contribution is -2.33. The Morgan fingerprint density at radius 2 is 2.20 bits per heavy atom. The van der Waals surface area contributed by atoms with Crippen molar-refractivity contribution in [3.63, 3.8) is 0 Å². The third kappa shape index (κ3) is 2.20. The molecule has 2 aromatic rings. The van der Waals surface area contributed by atoms with Crippen molar-refractivity contribution in [3.05, 3.63) is 36.2 Å². The fourth-order valence-corrected chi connectivity index (χ4v) is 1.96. The number of carbonyl (C=O) groups is 1. The number of aromatic amines is 1. The van der Waals surface area contributed by atoms with Gasteiger partial charge in [-0.3, -0.25) is 9.89 Å². The molecule has 0 bridgehead atoms. The number of ether oxygens (including phenoxy) is 2. The van der Waals surface area contributed by atoms with E-state index in [1.165, 1.54) is 12.4 Å². The molecule has 2 N–H and O–H groups in total. The van der Waals surface area contributed by atoms with Gasteiger partial charge in [0, 0.05) is 31.3 Å². The van der Waals surface area contributed by atoms with E-state index in [0.29, 0.717) is 22.7 Å². The molecular weight excluding hydrogens is 258 g/mol. The molecule has 3 rings (SSSR count). The van der Waals surface area contributed by atoms with Crippen LogP contribution in [-0.2, 0) is 0 Å². The van der Waals surface area contributed by atoms with Crippen LogP contribution < -0.4 is 14.8 Å². The maximum atomic E-state index is 11.9. The van der Waals surface area contributed by atoms with Gasteiger partial charge in [0.15, 0.2) is 11.5 Å². The number of benzene rings is 1. The standard InChI is InChI=1S/C14H15N3O3/c1-3-14(2)19-11-5-4-10(6-12(11)20-14)17-13(18)9-7-15-16-8-9/h4-8H,3H2,1-2H3,(H,15,16)(H,17,18)/t14-/m0/s1. The van der Waals surface area contributed by atoms with Crippen LogP contribution in [0.4, 0.5) is 5.69 Å². The fraction of sp³-hybridized carbons (Fsp3) is 0.286. The molecule has 1 aliphatic rings. The van der Waals surface area contributed by atoms with Gasteiger partial charge >= 0.3 is 0 Å². The van der Waals surface area contributed by atoms with Crippen molar-refractivity contribution in [1.82, 2.24) is 10.2 Å². The van der Waals surface area contributed by atoms with Gasteiger partial charge in [0.1, 0.15) is 0 Å². The number of carbonyl (C=O) groups excluding carboxylic acids is 1. The second-order valence-corrected chi connectivity index (χ2v) is 4.79. The molecule has 6 heteroatoms. The van der Waals surface area contributed by atoms with Crippen LogP contribution in [0, 0.1) is 0 Å². The van der Waals surface area contributed by atoms with Gasteiger partial charge in [0.25, 0.3) is 5.91 Å². The molecule has 1 aliphatic heterocycles. The van der Waals surface area contributed by atoms with E-state index < -0.39 is 5.79 Å². The third-order valence-corrected chi connectivity index (χ3v) is 3.26. The number of fused-ring (bicyclic) bond motifs is 1. The van der Waals surface area contributed by atoms with E-state index in [1.54, 1.807) is 18.2 Å². The molecule has 1 atom stereocenters. The molecule has 1 aromatic heterocycles. The Labute approximate surface area is 116 Å². The Balaban J connectivity index is 1.78. The number of amides is 1. The lowest BCUT2D eigenvalue weighted by atomic mass is 10.2. The molecule has 0 spiro atoms. The SMILES string of the molecule is CC[C@@]1(C)Oc2ccc(NC(=O)c3cn[nH]c3)cc2O1. The van der Waals surface area contributed by atoms with Gasteiger partial charge < -0.3 is 14.8 Å². The minimum atomic E-state index is -0.629. The normalized spacial score (nSPS) is 19.9. The number of hydrogen-bond acceptors (Lipinski definition) is 4. The molecule has 0 saturated heterocycles. The van der Waals surface area contributed by atoms with Gasteiger partial charge in [0.05, 0.1) is 11.8 Å². The molecule has 2 heterocycles. The maximum Gasteiger partial charge on any atom is 0.258 e. The van der Waals surface area contributed by atoms with Crippen LogP contribution in [0.25, 0.3) is 0 Å². The van der Waals surface area contributed by atoms with Gasteiger partial charge in [0.2, 0.25) is 5.79 Å². The first-order chi connectivity index (χ1) is 9.59. The second kappa shape index (κ2) is 4.56. The van der Waals surface area contributed by atoms with Crippen LogP contribution in [0.3, 0.4) is 0 Å². The van der Waals surface area contributed by atoms with E-state index in [2.05, 4.69) is 15.5 Å². The van der Waals surface area contributed by atoms with Crippen molar-refractivity contribution >= 4 is 11.6 Å². The second-order valence-electron chi connectivity index (χ2n) is 4.79. The van der Waals surface area contributed by atoms with E-state index in [1.807, 2.05) is 13.8 Å². The Hall–Kier alpha value is -2.50. The molecule has 104 valence electrons. The highest BCUT2D eigenvalue weighted by Gasteiger charge is 2.34. The average Bonchev–Trinajstić information content (AvgIpc) is 3.05. The molecule has 20 heavy (non-hydrogen) atoms. The molecule has 6 nitrogen and oxygen atoms in total. The Morgan fingerprint density at radius 1 is 1.40 bits per heavy atom. The average molecular weight is 273 g/mol. The summed E-state index contributed by atoms with van der Waals surface area (Å²) in [7, 11) is 0. The van der Waals surface area contributed by atoms with Crippen molar-refractivity contribution in [2.24, 2.45) is 0 Å². The zero-order chi connectivity index (χ0) is 14.2. The topological polar surface area (TPSA) is 76.2 Å². The van der Waals surface area contributed by atoms with Crippen LogP contribution in [0.5, 0.6) is 11.5 Å². The molecule has 0 fully saturated rings. The molecule has 0 saturated carbocycles. The highest BCUT2D eigenvalue weighted by Crippen LogP contribution is 2.42. The van der Waals surface area contributed by atoms with Crippen LogP contribution in [0.15, 0.2) is 30.6 Å². The van der Waals surface area contributed by atoms with Gasteiger partial charge in [-0.25, -0.2) is 0 Å². The van der Waals surface area contributed by atoms with Crippen molar-refractivity contribution in [2.75, 3.05) is 5.32 Å². The summed E-state index contributed by atoms with van der Waals surface area (Å²) >= 11 is 0. The minimum Gasteiger partial charge on any atom is -0.449 e. The summed E-state index contributed by atoms with van der Waals surface area (Å²) in [5.41, 5.74) is 1.12. The number of rotatable bonds is 3. The van der Waals surface area contributed by atoms with E-state index in [4.69, 9.17) is 9.47 Å². The number of nitrogens with one attached hydrogen (secondary N) is 2. The number of nitrogens with zero attached hydrogens (tertiary/aromatic N) is 1. The van der Waals surface area contributed by atoms with Gasteiger partial charge in [-0.1, -0.05) is 6.92 Å². The number of anilines is 1. The summed E-state index contributed by atoms with van der Waals surface area (Å²) in [5.74, 6) is 0.473. The molecule has 1 aromatic carbocycles. The fourth-order valence-electron chi connectivity index (χ4n) is 1.96. The maximum absolute atomic E-state index is 11.9. The first kappa shape index (κ1) is 12.5. The summed E-state index contributed by atoms with van der Waals surface area (Å²) in [6, 6.07) is 5.33. The first-order valence-electron chi connectivity index (χ1n) is 6.42. The van der Waals surface area contributed by atoms with Gasteiger partial charge in [-0.15, -0.1) is 0 Å². The van der Waals surface area contributed by atoms with Gasteiger partial charge in [-0.2, -0.15) is 5.10 Å². The molecule has 1 amide bonds. The summed E-state index contributed by atoms with van der Waals surface area (Å²) in [4.78, 5) is 11.9. The number of aromatic nitrogens is 2.